The molecule has 1 aromatic heterocycles. The lowest BCUT2D eigenvalue weighted by atomic mass is 10.1. The Morgan fingerprint density at radius 2 is 2.23 bits per heavy atom. The van der Waals surface area contributed by atoms with E-state index in [0.29, 0.717) is 11.8 Å². The van der Waals surface area contributed by atoms with Gasteiger partial charge in [-0.05, 0) is 24.7 Å². The van der Waals surface area contributed by atoms with Crippen LogP contribution in [-0.2, 0) is 0 Å². The summed E-state index contributed by atoms with van der Waals surface area (Å²) in [6, 6.07) is 0.132. The topological polar surface area (TPSA) is 54.7 Å². The first kappa shape index (κ1) is 8.75. The van der Waals surface area contributed by atoms with E-state index in [1.807, 2.05) is 6.20 Å². The van der Waals surface area contributed by atoms with E-state index in [1.54, 1.807) is 0 Å². The van der Waals surface area contributed by atoms with Crippen molar-refractivity contribution in [2.24, 2.45) is 11.7 Å². The summed E-state index contributed by atoms with van der Waals surface area (Å²) in [5.41, 5.74) is 7.21. The molecule has 0 aromatic carbocycles. The lowest BCUT2D eigenvalue weighted by Crippen LogP contribution is -2.14. The van der Waals surface area contributed by atoms with Gasteiger partial charge >= 0.3 is 0 Å². The smallest absolute Gasteiger partial charge is 0.123 e. The monoisotopic (exact) mass is 179 g/mol. The molecule has 3 heteroatoms. The Morgan fingerprint density at radius 3 is 2.69 bits per heavy atom. The fraction of sp³-hybridized carbons (Fsp3) is 0.700. The van der Waals surface area contributed by atoms with Crippen molar-refractivity contribution in [1.82, 2.24) is 9.97 Å². The van der Waals surface area contributed by atoms with Crippen LogP contribution in [0.4, 0.5) is 0 Å². The highest BCUT2D eigenvalue weighted by Crippen LogP contribution is 2.38. The Balaban J connectivity index is 2.11. The number of nitrogens with two attached hydrogens (primary N) is 1. The Labute approximate surface area is 78.7 Å². The van der Waals surface area contributed by atoms with Crippen molar-refractivity contribution in [3.05, 3.63) is 17.7 Å². The van der Waals surface area contributed by atoms with Crippen LogP contribution >= 0.6 is 0 Å². The van der Waals surface area contributed by atoms with Crippen molar-refractivity contribution in [3.63, 3.8) is 0 Å². The molecule has 0 amide bonds. The van der Waals surface area contributed by atoms with Gasteiger partial charge in [0.25, 0.3) is 0 Å². The quantitative estimate of drug-likeness (QED) is 0.745. The fourth-order valence-corrected chi connectivity index (χ4v) is 1.49. The number of H-pyrrole nitrogens is 1. The number of nitrogens with one attached hydrogen (secondary N) is 1. The molecule has 3 N–H and O–H groups in total. The Kier molecular flexibility index (Phi) is 2.12. The van der Waals surface area contributed by atoms with Crippen molar-refractivity contribution in [1.29, 1.82) is 0 Å². The van der Waals surface area contributed by atoms with Crippen LogP contribution in [0.1, 0.15) is 50.2 Å². The molecule has 1 aromatic rings. The van der Waals surface area contributed by atoms with Gasteiger partial charge in [-0.2, -0.15) is 0 Å². The molecule has 0 saturated heterocycles. The number of hydrogen-bond donors (Lipinski definition) is 2. The normalized spacial score (nSPS) is 19.4. The van der Waals surface area contributed by atoms with Gasteiger partial charge in [0.05, 0.1) is 6.04 Å². The molecule has 0 unspecified atom stereocenters. The van der Waals surface area contributed by atoms with Crippen LogP contribution in [0.25, 0.3) is 0 Å². The van der Waals surface area contributed by atoms with Gasteiger partial charge in [0.15, 0.2) is 0 Å². The van der Waals surface area contributed by atoms with E-state index in [1.165, 1.54) is 18.5 Å². The maximum absolute atomic E-state index is 6.02. The predicted octanol–water partition coefficient (Wildman–Crippen LogP) is 1.94. The van der Waals surface area contributed by atoms with E-state index in [9.17, 15) is 0 Å². The molecule has 0 radical (unpaired) electrons. The van der Waals surface area contributed by atoms with Gasteiger partial charge in [0, 0.05) is 11.9 Å². The summed E-state index contributed by atoms with van der Waals surface area (Å²) in [6.45, 7) is 4.31. The minimum Gasteiger partial charge on any atom is -0.344 e. The highest BCUT2D eigenvalue weighted by atomic mass is 15.0. The second kappa shape index (κ2) is 3.14. The van der Waals surface area contributed by atoms with Crippen molar-refractivity contribution >= 4 is 0 Å². The van der Waals surface area contributed by atoms with Crippen LogP contribution in [0.3, 0.4) is 0 Å². The second-order valence-electron chi connectivity index (χ2n) is 4.24. The summed E-state index contributed by atoms with van der Waals surface area (Å²) in [6.07, 6.45) is 4.43. The van der Waals surface area contributed by atoms with E-state index < -0.39 is 0 Å². The summed E-state index contributed by atoms with van der Waals surface area (Å²) < 4.78 is 0. The van der Waals surface area contributed by atoms with Gasteiger partial charge in [-0.3, -0.25) is 0 Å². The van der Waals surface area contributed by atoms with Crippen molar-refractivity contribution < 1.29 is 0 Å². The SMILES string of the molecule is CC(C)c1cnc([C@@H](N)C2CC2)[nH]1. The maximum Gasteiger partial charge on any atom is 0.123 e. The van der Waals surface area contributed by atoms with Gasteiger partial charge in [-0.15, -0.1) is 0 Å². The van der Waals surface area contributed by atoms with Crippen LogP contribution in [0.15, 0.2) is 6.20 Å². The van der Waals surface area contributed by atoms with Crippen molar-refractivity contribution in [3.8, 4) is 0 Å². The molecule has 3 nitrogen and oxygen atoms in total. The highest BCUT2D eigenvalue weighted by molar-refractivity contribution is 5.10. The Bertz CT molecular complexity index is 286. The van der Waals surface area contributed by atoms with Crippen LogP contribution in [0, 0.1) is 5.92 Å². The van der Waals surface area contributed by atoms with E-state index in [-0.39, 0.29) is 6.04 Å². The summed E-state index contributed by atoms with van der Waals surface area (Å²) in [5.74, 6) is 2.14. The van der Waals surface area contributed by atoms with E-state index in [0.717, 1.165) is 5.82 Å². The predicted molar refractivity (Wildman–Crippen MR) is 52.3 cm³/mol. The number of aromatic nitrogens is 2. The Morgan fingerprint density at radius 1 is 1.54 bits per heavy atom. The number of aromatic amines is 1. The molecular formula is C10H17N3. The zero-order chi connectivity index (χ0) is 9.42. The summed E-state index contributed by atoms with van der Waals surface area (Å²) in [5, 5.41) is 0. The van der Waals surface area contributed by atoms with Gasteiger partial charge < -0.3 is 10.7 Å². The summed E-state index contributed by atoms with van der Waals surface area (Å²) >= 11 is 0. The number of imidazole rings is 1. The van der Waals surface area contributed by atoms with Gasteiger partial charge in [-0.25, -0.2) is 4.98 Å². The van der Waals surface area contributed by atoms with Gasteiger partial charge in [0.2, 0.25) is 0 Å². The molecule has 13 heavy (non-hydrogen) atoms. The highest BCUT2D eigenvalue weighted by Gasteiger charge is 2.31. The molecule has 1 atom stereocenters. The maximum atomic E-state index is 6.02. The third-order valence-electron chi connectivity index (χ3n) is 2.68. The van der Waals surface area contributed by atoms with E-state index in [2.05, 4.69) is 23.8 Å². The summed E-state index contributed by atoms with van der Waals surface area (Å²) in [4.78, 5) is 7.62. The molecule has 1 aliphatic carbocycles. The molecular weight excluding hydrogens is 162 g/mol. The number of hydrogen-bond acceptors (Lipinski definition) is 2. The van der Waals surface area contributed by atoms with Crippen molar-refractivity contribution in [2.45, 2.75) is 38.6 Å². The molecule has 0 spiro atoms. The average molecular weight is 179 g/mol. The summed E-state index contributed by atoms with van der Waals surface area (Å²) in [7, 11) is 0. The zero-order valence-corrected chi connectivity index (χ0v) is 8.25. The molecule has 1 heterocycles. The minimum atomic E-state index is 0.132. The molecule has 1 aliphatic rings. The standard InChI is InChI=1S/C10H17N3/c1-6(2)8-5-12-10(13-8)9(11)7-3-4-7/h5-7,9H,3-4,11H2,1-2H3,(H,12,13)/t9-/m0/s1. The van der Waals surface area contributed by atoms with Gasteiger partial charge in [0.1, 0.15) is 5.82 Å². The van der Waals surface area contributed by atoms with Crippen LogP contribution < -0.4 is 5.73 Å². The molecule has 1 saturated carbocycles. The molecule has 2 rings (SSSR count). The third kappa shape index (κ3) is 1.75. The van der Waals surface area contributed by atoms with Crippen LogP contribution in [0.5, 0.6) is 0 Å². The van der Waals surface area contributed by atoms with Crippen LogP contribution in [-0.4, -0.2) is 9.97 Å². The fourth-order valence-electron chi connectivity index (χ4n) is 1.49. The zero-order valence-electron chi connectivity index (χ0n) is 8.25. The molecule has 72 valence electrons. The van der Waals surface area contributed by atoms with Crippen molar-refractivity contribution in [2.75, 3.05) is 0 Å². The first-order valence-corrected chi connectivity index (χ1v) is 4.99. The van der Waals surface area contributed by atoms with E-state index in [4.69, 9.17) is 5.73 Å². The largest absolute Gasteiger partial charge is 0.344 e. The van der Waals surface area contributed by atoms with Crippen LogP contribution in [0.2, 0.25) is 0 Å². The Hall–Kier alpha value is -0.830. The first-order chi connectivity index (χ1) is 6.18. The van der Waals surface area contributed by atoms with E-state index >= 15 is 0 Å². The molecule has 1 fully saturated rings. The lowest BCUT2D eigenvalue weighted by molar-refractivity contribution is 0.598. The minimum absolute atomic E-state index is 0.132. The third-order valence-corrected chi connectivity index (χ3v) is 2.68. The second-order valence-corrected chi connectivity index (χ2v) is 4.24. The number of rotatable bonds is 3. The average Bonchev–Trinajstić information content (AvgIpc) is 2.81. The number of nitrogens with zero attached hydrogens (tertiary/aromatic N) is 1. The lowest BCUT2D eigenvalue weighted by Gasteiger charge is -2.06. The molecule has 0 bridgehead atoms. The first-order valence-electron chi connectivity index (χ1n) is 4.99. The van der Waals surface area contributed by atoms with Gasteiger partial charge in [-0.1, -0.05) is 13.8 Å². The molecule has 0 aliphatic heterocycles.